The van der Waals surface area contributed by atoms with Crippen LogP contribution < -0.4 is 0 Å². The molecule has 0 heterocycles. The van der Waals surface area contributed by atoms with Crippen molar-refractivity contribution in [3.63, 3.8) is 0 Å². The van der Waals surface area contributed by atoms with Gasteiger partial charge in [0, 0.05) is 0 Å². The SMILES string of the molecule is CC1=Cc2c(C)cc(C)cc2[CH]1[Ti]([Cl])([Cl])([CH]1C(C)=Cc2c(C)cc(C)cc21)=[Si](C)C. The van der Waals surface area contributed by atoms with Crippen molar-refractivity contribution in [3.05, 3.63) is 79.9 Å². The number of aryl methyl sites for hydroxylation is 4. The fourth-order valence-corrected chi connectivity index (χ4v) is 26.6. The van der Waals surface area contributed by atoms with Gasteiger partial charge >= 0.3 is 192 Å². The molecule has 0 amide bonds. The van der Waals surface area contributed by atoms with Crippen LogP contribution in [-0.4, -0.2) is 6.19 Å². The van der Waals surface area contributed by atoms with Gasteiger partial charge in [-0.15, -0.1) is 0 Å². The maximum atomic E-state index is 8.12. The summed E-state index contributed by atoms with van der Waals surface area (Å²) in [6, 6.07) is 9.27. The summed E-state index contributed by atoms with van der Waals surface area (Å²) in [7, 11) is 16.2. The molecular weight excluding hydrogens is 459 g/mol. The average Bonchev–Trinajstić information content (AvgIpc) is 3.12. The quantitative estimate of drug-likeness (QED) is 0.369. The first-order valence-corrected chi connectivity index (χ1v) is 21.8. The summed E-state index contributed by atoms with van der Waals surface area (Å²) in [6.07, 6.45) is 3.74. The van der Waals surface area contributed by atoms with Crippen LogP contribution in [0.15, 0.2) is 35.4 Å². The van der Waals surface area contributed by atoms with Gasteiger partial charge in [0.1, 0.15) is 0 Å². The number of rotatable bonds is 2. The van der Waals surface area contributed by atoms with Crippen LogP contribution in [0.2, 0.25) is 13.1 Å². The molecule has 0 nitrogen and oxygen atoms in total. The zero-order valence-electron chi connectivity index (χ0n) is 19.4. The Morgan fingerprint density at radius 2 is 1.03 bits per heavy atom. The van der Waals surface area contributed by atoms with Gasteiger partial charge in [0.2, 0.25) is 0 Å². The van der Waals surface area contributed by atoms with Gasteiger partial charge in [-0.2, -0.15) is 0 Å². The van der Waals surface area contributed by atoms with E-state index in [1.807, 2.05) is 0 Å². The number of allylic oxidation sites excluding steroid dienone is 2. The van der Waals surface area contributed by atoms with E-state index >= 15 is 0 Å². The van der Waals surface area contributed by atoms with Gasteiger partial charge in [-0.3, -0.25) is 0 Å². The first-order chi connectivity index (χ1) is 13.9. The Bertz CT molecular complexity index is 1150. The summed E-state index contributed by atoms with van der Waals surface area (Å²) in [4.78, 5) is 0. The fourth-order valence-electron chi connectivity index (χ4n) is 6.16. The molecule has 158 valence electrons. The molecule has 2 unspecified atom stereocenters. The van der Waals surface area contributed by atoms with Gasteiger partial charge in [0.05, 0.1) is 0 Å². The van der Waals surface area contributed by atoms with Gasteiger partial charge in [-0.1, -0.05) is 0 Å². The van der Waals surface area contributed by atoms with Gasteiger partial charge in [0.25, 0.3) is 0 Å². The van der Waals surface area contributed by atoms with Crippen LogP contribution in [0.3, 0.4) is 0 Å². The molecule has 0 aromatic heterocycles. The van der Waals surface area contributed by atoms with E-state index in [1.165, 1.54) is 55.7 Å². The van der Waals surface area contributed by atoms with Crippen molar-refractivity contribution in [3.8, 4) is 0 Å². The molecule has 0 spiro atoms. The van der Waals surface area contributed by atoms with Gasteiger partial charge in [0.15, 0.2) is 0 Å². The molecule has 0 saturated heterocycles. The number of hydrogen-bond acceptors (Lipinski definition) is 0. The van der Waals surface area contributed by atoms with E-state index < -0.39 is 18.1 Å². The number of fused-ring (bicyclic) bond motifs is 2. The summed E-state index contributed by atoms with van der Waals surface area (Å²) in [5, 5.41) is 0. The predicted octanol–water partition coefficient (Wildman–Crippen LogP) is 8.78. The molecule has 4 heteroatoms. The Kier molecular flexibility index (Phi) is 5.44. The van der Waals surface area contributed by atoms with Crippen molar-refractivity contribution in [2.75, 3.05) is 0 Å². The molecule has 30 heavy (non-hydrogen) atoms. The van der Waals surface area contributed by atoms with Crippen LogP contribution in [0.1, 0.15) is 66.8 Å². The predicted molar refractivity (Wildman–Crippen MR) is 134 cm³/mol. The third-order valence-corrected chi connectivity index (χ3v) is 39.3. The average molecular weight is 491 g/mol. The first-order valence-electron chi connectivity index (χ1n) is 10.8. The van der Waals surface area contributed by atoms with Crippen LogP contribution in [0, 0.1) is 27.7 Å². The standard InChI is InChI=1S/2C12H13.C2H6Si.2ClH.Ti/c2*1-8-4-10(3)12-7-9(2)6-11(12)5-8;1-3-2;;;/h2*4-7H,1-3H3;1-2H3;2*1H;/q;;;;;+2/p-2. The molecule has 2 aromatic carbocycles. The number of halogens is 2. The van der Waals surface area contributed by atoms with E-state index in [2.05, 4.69) is 91.1 Å². The van der Waals surface area contributed by atoms with E-state index in [9.17, 15) is 0 Å². The molecule has 2 aromatic rings. The van der Waals surface area contributed by atoms with E-state index in [0.717, 1.165) is 0 Å². The second-order valence-electron chi connectivity index (χ2n) is 9.96. The van der Waals surface area contributed by atoms with Crippen molar-refractivity contribution < 1.29 is 11.9 Å². The Morgan fingerprint density at radius 1 is 0.667 bits per heavy atom. The molecule has 0 bridgehead atoms. The summed E-state index contributed by atoms with van der Waals surface area (Å²) >= 11 is -4.20. The van der Waals surface area contributed by atoms with Gasteiger partial charge < -0.3 is 0 Å². The Morgan fingerprint density at radius 3 is 1.37 bits per heavy atom. The number of hydrogen-bond donors (Lipinski definition) is 0. The van der Waals surface area contributed by atoms with Crippen LogP contribution in [0.25, 0.3) is 12.2 Å². The van der Waals surface area contributed by atoms with Gasteiger partial charge in [-0.25, -0.2) is 0 Å². The van der Waals surface area contributed by atoms with E-state index in [-0.39, 0.29) is 8.45 Å². The summed E-state index contributed by atoms with van der Waals surface area (Å²) in [5.74, 6) is 0. The summed E-state index contributed by atoms with van der Waals surface area (Å²) < 4.78 is 0.339. The van der Waals surface area contributed by atoms with E-state index in [4.69, 9.17) is 18.6 Å². The molecule has 2 aliphatic carbocycles. The molecule has 0 N–H and O–H groups in total. The molecular formula is C26H32Cl2SiTi. The third kappa shape index (κ3) is 3.04. The molecule has 0 saturated carbocycles. The van der Waals surface area contributed by atoms with E-state index in [1.54, 1.807) is 0 Å². The minimum atomic E-state index is -4.20. The monoisotopic (exact) mass is 490 g/mol. The normalized spacial score (nSPS) is 20.6. The maximum absolute atomic E-state index is 8.12. The van der Waals surface area contributed by atoms with Crippen molar-refractivity contribution in [1.29, 1.82) is 0 Å². The van der Waals surface area contributed by atoms with Crippen molar-refractivity contribution >= 4 is 36.9 Å². The minimum absolute atomic E-state index is 0.169. The van der Waals surface area contributed by atoms with Crippen LogP contribution >= 0.6 is 18.6 Å². The second kappa shape index (κ2) is 7.22. The summed E-state index contributed by atoms with van der Waals surface area (Å²) in [5.41, 5.74) is 13.4. The van der Waals surface area contributed by atoms with Crippen molar-refractivity contribution in [2.24, 2.45) is 0 Å². The molecule has 2 aliphatic rings. The number of benzene rings is 2. The Labute approximate surface area is 190 Å². The topological polar surface area (TPSA) is 0 Å². The van der Waals surface area contributed by atoms with Crippen molar-refractivity contribution in [2.45, 2.75) is 63.1 Å². The van der Waals surface area contributed by atoms with Gasteiger partial charge in [-0.05, 0) is 0 Å². The molecule has 4 rings (SSSR count). The van der Waals surface area contributed by atoms with Crippen molar-refractivity contribution in [1.82, 2.24) is 0 Å². The summed E-state index contributed by atoms with van der Waals surface area (Å²) in [6.45, 7) is 18.1. The van der Waals surface area contributed by atoms with E-state index in [0.29, 0.717) is 0 Å². The third-order valence-electron chi connectivity index (χ3n) is 7.42. The Balaban J connectivity index is 2.08. The molecule has 0 radical (unpaired) electrons. The molecule has 0 fully saturated rings. The zero-order chi connectivity index (χ0) is 22.2. The zero-order valence-corrected chi connectivity index (χ0v) is 23.4. The molecule has 0 aliphatic heterocycles. The first kappa shape index (κ1) is 22.6. The van der Waals surface area contributed by atoms with Crippen LogP contribution in [0.5, 0.6) is 0 Å². The fraction of sp³-hybridized carbons (Fsp3) is 0.385. The molecule has 2 atom stereocenters. The van der Waals surface area contributed by atoms with Crippen LogP contribution in [-0.2, 0) is 11.9 Å². The Hall–Kier alpha value is -0.569. The van der Waals surface area contributed by atoms with Crippen LogP contribution in [0.4, 0.5) is 0 Å². The second-order valence-corrected chi connectivity index (χ2v) is 36.6.